The van der Waals surface area contributed by atoms with Crippen molar-refractivity contribution < 1.29 is 32.6 Å². The second-order valence-electron chi connectivity index (χ2n) is 8.82. The maximum Gasteiger partial charge on any atom is 0.343 e. The van der Waals surface area contributed by atoms with Gasteiger partial charge in [-0.1, -0.05) is 6.92 Å². The van der Waals surface area contributed by atoms with Crippen LogP contribution in [-0.4, -0.2) is 46.5 Å². The molecule has 2 aliphatic heterocycles. The molecule has 4 heterocycles. The average Bonchev–Trinajstić information content (AvgIpc) is 3.22. The maximum absolute atomic E-state index is 14.5. The molecule has 12 nitrogen and oxygen atoms in total. The van der Waals surface area contributed by atoms with Gasteiger partial charge < -0.3 is 19.5 Å². The lowest BCUT2D eigenvalue weighted by Crippen LogP contribution is -2.44. The molecule has 5 rings (SSSR count). The van der Waals surface area contributed by atoms with Crippen molar-refractivity contribution in [1.82, 2.24) is 14.3 Å². The molecule has 0 saturated carbocycles. The van der Waals surface area contributed by atoms with E-state index in [0.717, 1.165) is 6.07 Å². The lowest BCUT2D eigenvalue weighted by molar-refractivity contribution is -0.172. The molecule has 1 atom stereocenters. The van der Waals surface area contributed by atoms with Gasteiger partial charge in [-0.2, -0.15) is 5.11 Å². The van der Waals surface area contributed by atoms with Gasteiger partial charge in [0, 0.05) is 29.1 Å². The minimum absolute atomic E-state index is 0.0139. The minimum Gasteiger partial charge on any atom is -0.458 e. The van der Waals surface area contributed by atoms with Crippen LogP contribution in [0.25, 0.3) is 22.3 Å². The Balaban J connectivity index is 1.77. The van der Waals surface area contributed by atoms with Crippen molar-refractivity contribution in [3.05, 3.63) is 56.6 Å². The Morgan fingerprint density at radius 3 is 2.73 bits per heavy atom. The van der Waals surface area contributed by atoms with Gasteiger partial charge in [0.15, 0.2) is 11.4 Å². The molecule has 1 aromatic carbocycles. The molecule has 194 valence electrons. The quantitative estimate of drug-likeness (QED) is 0.203. The second-order valence-corrected chi connectivity index (χ2v) is 10.7. The van der Waals surface area contributed by atoms with Gasteiger partial charge in [-0.15, -0.1) is 0 Å². The number of carbonyl (C=O) groups excluding carboxylic acids is 1. The fourth-order valence-electron chi connectivity index (χ4n) is 4.83. The van der Waals surface area contributed by atoms with Gasteiger partial charge >= 0.3 is 5.97 Å². The third-order valence-corrected chi connectivity index (χ3v) is 8.13. The Hall–Kier alpha value is -3.59. The molecule has 2 aliphatic rings. The van der Waals surface area contributed by atoms with Crippen molar-refractivity contribution in [2.75, 3.05) is 12.4 Å². The fraction of sp³-hybridized carbons (Fsp3) is 0.348. The summed E-state index contributed by atoms with van der Waals surface area (Å²) < 4.78 is 47.9. The average molecular weight is 532 g/mol. The maximum atomic E-state index is 14.5. The molecule has 0 fully saturated rings. The number of rotatable bonds is 7. The summed E-state index contributed by atoms with van der Waals surface area (Å²) in [4.78, 5) is 30.4. The van der Waals surface area contributed by atoms with Crippen LogP contribution in [0.15, 0.2) is 28.1 Å². The minimum atomic E-state index is -3.86. The van der Waals surface area contributed by atoms with Gasteiger partial charge in [-0.3, -0.25) is 4.79 Å². The summed E-state index contributed by atoms with van der Waals surface area (Å²) in [6.45, 7) is 0.394. The summed E-state index contributed by atoms with van der Waals surface area (Å²) in [7, 11) is -3.86. The molecule has 0 bridgehead atoms. The first-order valence-corrected chi connectivity index (χ1v) is 13.0. The number of sulfonamides is 1. The number of esters is 1. The monoisotopic (exact) mass is 531 g/mol. The zero-order valence-corrected chi connectivity index (χ0v) is 20.4. The molecule has 0 saturated heterocycles. The molecule has 14 heteroatoms. The number of hydrogen-bond donors (Lipinski definition) is 4. The van der Waals surface area contributed by atoms with Gasteiger partial charge in [0.25, 0.3) is 5.56 Å². The van der Waals surface area contributed by atoms with Crippen molar-refractivity contribution >= 4 is 32.6 Å². The number of benzene rings is 1. The number of hydrogen-bond acceptors (Lipinski definition) is 10. The van der Waals surface area contributed by atoms with Gasteiger partial charge in [0.05, 0.1) is 41.4 Å². The van der Waals surface area contributed by atoms with E-state index in [1.54, 1.807) is 6.92 Å². The van der Waals surface area contributed by atoms with Crippen LogP contribution < -0.4 is 10.3 Å². The highest BCUT2D eigenvalue weighted by atomic mass is 32.2. The van der Waals surface area contributed by atoms with Crippen molar-refractivity contribution in [2.24, 2.45) is 5.11 Å². The lowest BCUT2D eigenvalue weighted by atomic mass is 9.86. The Morgan fingerprint density at radius 1 is 1.30 bits per heavy atom. The number of halogens is 1. The number of cyclic esters (lactones) is 1. The Kier molecular flexibility index (Phi) is 5.94. The Labute approximate surface area is 209 Å². The molecule has 0 aliphatic carbocycles. The number of pyridine rings is 2. The summed E-state index contributed by atoms with van der Waals surface area (Å²) in [5.74, 6) is -2.22. The van der Waals surface area contributed by atoms with Crippen LogP contribution in [0.3, 0.4) is 0 Å². The third kappa shape index (κ3) is 3.83. The molecule has 0 spiro atoms. The van der Waals surface area contributed by atoms with E-state index in [1.165, 1.54) is 16.7 Å². The number of fused-ring (bicyclic) bond motifs is 5. The van der Waals surface area contributed by atoms with E-state index >= 15 is 0 Å². The number of nitrogens with zero attached hydrogens (tertiary/aromatic N) is 3. The van der Waals surface area contributed by atoms with E-state index in [9.17, 15) is 27.5 Å². The van der Waals surface area contributed by atoms with E-state index in [4.69, 9.17) is 15.4 Å². The first kappa shape index (κ1) is 25.1. The predicted octanol–water partition coefficient (Wildman–Crippen LogP) is 1.29. The number of aromatic nitrogens is 2. The van der Waals surface area contributed by atoms with E-state index in [2.05, 4.69) is 14.8 Å². The number of carbonyl (C=O) groups is 1. The second kappa shape index (κ2) is 8.76. The largest absolute Gasteiger partial charge is 0.458 e. The topological polar surface area (TPSA) is 184 Å². The third-order valence-electron chi connectivity index (χ3n) is 6.82. The zero-order chi connectivity index (χ0) is 26.7. The first-order chi connectivity index (χ1) is 17.5. The molecule has 37 heavy (non-hydrogen) atoms. The summed E-state index contributed by atoms with van der Waals surface area (Å²) in [6.07, 6.45) is -0.0395. The Morgan fingerprint density at radius 2 is 2.05 bits per heavy atom. The van der Waals surface area contributed by atoms with Gasteiger partial charge in [-0.05, 0) is 24.1 Å². The van der Waals surface area contributed by atoms with Crippen LogP contribution >= 0.6 is 0 Å². The van der Waals surface area contributed by atoms with Crippen LogP contribution in [0.4, 0.5) is 10.1 Å². The summed E-state index contributed by atoms with van der Waals surface area (Å²) in [5, 5.41) is 23.6. The zero-order valence-electron chi connectivity index (χ0n) is 19.5. The van der Waals surface area contributed by atoms with E-state index in [0.29, 0.717) is 16.5 Å². The molecule has 4 N–H and O–H groups in total. The lowest BCUT2D eigenvalue weighted by Gasteiger charge is -2.31. The SMILES string of the molecule is CC[C@@]1(O)C(=O)OCc2c1cc1n(c2=O)Cc2c-1nc1cc(F)c(N=N)cc1c2CNS(=O)(=O)CCO. The number of nitrogens with one attached hydrogen (secondary N) is 2. The van der Waals surface area contributed by atoms with Crippen molar-refractivity contribution in [1.29, 1.82) is 5.53 Å². The highest BCUT2D eigenvalue weighted by molar-refractivity contribution is 7.89. The fourth-order valence-corrected chi connectivity index (χ4v) is 5.58. The van der Waals surface area contributed by atoms with E-state index in [-0.39, 0.29) is 59.8 Å². The van der Waals surface area contributed by atoms with Gasteiger partial charge in [0.1, 0.15) is 12.3 Å². The van der Waals surface area contributed by atoms with E-state index < -0.39 is 45.3 Å². The molecular weight excluding hydrogens is 509 g/mol. The summed E-state index contributed by atoms with van der Waals surface area (Å²) >= 11 is 0. The van der Waals surface area contributed by atoms with Crippen LogP contribution in [0, 0.1) is 11.3 Å². The normalized spacial score (nSPS) is 18.3. The van der Waals surface area contributed by atoms with Gasteiger partial charge in [0.2, 0.25) is 10.0 Å². The molecule has 0 amide bonds. The van der Waals surface area contributed by atoms with Crippen LogP contribution in [0.2, 0.25) is 0 Å². The molecule has 2 aromatic heterocycles. The Bertz CT molecular complexity index is 1670. The summed E-state index contributed by atoms with van der Waals surface area (Å²) in [6, 6.07) is 3.84. The highest BCUT2D eigenvalue weighted by Gasteiger charge is 2.45. The van der Waals surface area contributed by atoms with Crippen LogP contribution in [0.1, 0.15) is 35.6 Å². The molecular formula is C23H22FN5O7S. The number of aliphatic hydroxyl groups is 2. The molecule has 3 aromatic rings. The van der Waals surface area contributed by atoms with Crippen molar-refractivity contribution in [2.45, 2.75) is 38.6 Å². The molecule has 0 radical (unpaired) electrons. The van der Waals surface area contributed by atoms with Crippen molar-refractivity contribution in [3.63, 3.8) is 0 Å². The molecule has 0 unspecified atom stereocenters. The predicted molar refractivity (Wildman–Crippen MR) is 127 cm³/mol. The van der Waals surface area contributed by atoms with Crippen molar-refractivity contribution in [3.8, 4) is 11.4 Å². The van der Waals surface area contributed by atoms with Crippen LogP contribution in [-0.2, 0) is 44.9 Å². The smallest absolute Gasteiger partial charge is 0.343 e. The standard InChI is InChI=1S/C23H22FN5O7S/c1-2-23(33)15-6-19-20-13(9-29(19)21(31)14(15)10-36-22(23)32)12(8-26-37(34,35)4-3-30)11-5-18(28-25)16(24)7-17(11)27-20/h5-7,25-26,30,33H,2-4,8-10H2,1H3/t23-/m0/s1. The summed E-state index contributed by atoms with van der Waals surface area (Å²) in [5.41, 5.74) is 6.19. The number of aliphatic hydroxyl groups excluding tert-OH is 1. The van der Waals surface area contributed by atoms with Gasteiger partial charge in [-0.25, -0.2) is 32.8 Å². The first-order valence-electron chi connectivity index (χ1n) is 11.3. The highest BCUT2D eigenvalue weighted by Crippen LogP contribution is 2.41. The number of ether oxygens (including phenoxy) is 1. The van der Waals surface area contributed by atoms with Crippen LogP contribution in [0.5, 0.6) is 0 Å². The van der Waals surface area contributed by atoms with E-state index in [1.807, 2.05) is 0 Å².